The van der Waals surface area contributed by atoms with E-state index in [2.05, 4.69) is 0 Å². The normalized spacial score (nSPS) is 24.9. The third kappa shape index (κ3) is 4.76. The first-order valence-corrected chi connectivity index (χ1v) is 6.02. The van der Waals surface area contributed by atoms with Gasteiger partial charge in [0.25, 0.3) is 0 Å². The maximum absolute atomic E-state index is 11.7. The largest absolute Gasteiger partial charge is 0.391 e. The standard InChI is InChI=1S/C12H22O3/c1-2-15-9-11(13)8-10-6-4-3-5-7-12(10)14/h10-11,13H,2-9H2,1H3. The van der Waals surface area contributed by atoms with Gasteiger partial charge in [0.2, 0.25) is 0 Å². The lowest BCUT2D eigenvalue weighted by Crippen LogP contribution is -2.23. The Balaban J connectivity index is 2.30. The number of aliphatic hydroxyl groups is 1. The topological polar surface area (TPSA) is 46.5 Å². The molecular weight excluding hydrogens is 192 g/mol. The second kappa shape index (κ2) is 6.96. The lowest BCUT2D eigenvalue weighted by molar-refractivity contribution is -0.124. The van der Waals surface area contributed by atoms with Crippen LogP contribution in [0.1, 0.15) is 45.4 Å². The van der Waals surface area contributed by atoms with Crippen molar-refractivity contribution in [3.63, 3.8) is 0 Å². The molecule has 1 rings (SSSR count). The van der Waals surface area contributed by atoms with E-state index in [-0.39, 0.29) is 5.92 Å². The molecule has 1 aliphatic carbocycles. The Kier molecular flexibility index (Phi) is 5.88. The minimum atomic E-state index is -0.475. The van der Waals surface area contributed by atoms with Crippen LogP contribution in [0.4, 0.5) is 0 Å². The Bertz CT molecular complexity index is 191. The molecule has 2 atom stereocenters. The van der Waals surface area contributed by atoms with E-state index in [1.54, 1.807) is 0 Å². The first-order valence-electron chi connectivity index (χ1n) is 6.02. The van der Waals surface area contributed by atoms with E-state index in [4.69, 9.17) is 4.74 Å². The lowest BCUT2D eigenvalue weighted by Gasteiger charge is -2.17. The van der Waals surface area contributed by atoms with Gasteiger partial charge in [0.15, 0.2) is 0 Å². The molecule has 0 aromatic rings. The number of carbonyl (C=O) groups excluding carboxylic acids is 1. The fourth-order valence-electron chi connectivity index (χ4n) is 2.13. The zero-order chi connectivity index (χ0) is 11.1. The fraction of sp³-hybridized carbons (Fsp3) is 0.917. The quantitative estimate of drug-likeness (QED) is 0.711. The third-order valence-corrected chi connectivity index (χ3v) is 3.00. The molecule has 0 radical (unpaired) electrons. The molecule has 3 heteroatoms. The Hall–Kier alpha value is -0.410. The molecule has 1 aliphatic rings. The molecule has 88 valence electrons. The average Bonchev–Trinajstić information content (AvgIpc) is 2.42. The van der Waals surface area contributed by atoms with Gasteiger partial charge in [-0.05, 0) is 26.2 Å². The van der Waals surface area contributed by atoms with Crippen LogP contribution < -0.4 is 0 Å². The van der Waals surface area contributed by atoms with Gasteiger partial charge in [0, 0.05) is 18.9 Å². The van der Waals surface area contributed by atoms with Crippen LogP contribution in [0.3, 0.4) is 0 Å². The summed E-state index contributed by atoms with van der Waals surface area (Å²) in [5, 5.41) is 9.66. The molecule has 0 spiro atoms. The second-order valence-corrected chi connectivity index (χ2v) is 4.31. The molecule has 0 heterocycles. The van der Waals surface area contributed by atoms with Gasteiger partial charge in [0.1, 0.15) is 5.78 Å². The number of hydrogen-bond donors (Lipinski definition) is 1. The molecule has 15 heavy (non-hydrogen) atoms. The van der Waals surface area contributed by atoms with Crippen LogP contribution in [-0.2, 0) is 9.53 Å². The summed E-state index contributed by atoms with van der Waals surface area (Å²) < 4.78 is 5.14. The number of ketones is 1. The van der Waals surface area contributed by atoms with Gasteiger partial charge in [-0.1, -0.05) is 12.8 Å². The summed E-state index contributed by atoms with van der Waals surface area (Å²) >= 11 is 0. The van der Waals surface area contributed by atoms with Crippen molar-refractivity contribution in [3.05, 3.63) is 0 Å². The van der Waals surface area contributed by atoms with Gasteiger partial charge in [-0.3, -0.25) is 4.79 Å². The Morgan fingerprint density at radius 3 is 3.00 bits per heavy atom. The lowest BCUT2D eigenvalue weighted by atomic mass is 9.93. The van der Waals surface area contributed by atoms with Gasteiger partial charge in [-0.25, -0.2) is 0 Å². The molecular formula is C12H22O3. The van der Waals surface area contributed by atoms with E-state index < -0.39 is 6.10 Å². The van der Waals surface area contributed by atoms with E-state index >= 15 is 0 Å². The first-order chi connectivity index (χ1) is 7.24. The monoisotopic (exact) mass is 214 g/mol. The van der Waals surface area contributed by atoms with Crippen LogP contribution in [0.2, 0.25) is 0 Å². The maximum atomic E-state index is 11.7. The van der Waals surface area contributed by atoms with Crippen LogP contribution in [0.5, 0.6) is 0 Å². The van der Waals surface area contributed by atoms with Crippen molar-refractivity contribution in [3.8, 4) is 0 Å². The summed E-state index contributed by atoms with van der Waals surface area (Å²) in [6.07, 6.45) is 5.06. The average molecular weight is 214 g/mol. The summed E-state index contributed by atoms with van der Waals surface area (Å²) in [7, 11) is 0. The number of ether oxygens (including phenoxy) is 1. The highest BCUT2D eigenvalue weighted by Crippen LogP contribution is 2.23. The molecule has 0 aromatic carbocycles. The minimum Gasteiger partial charge on any atom is -0.391 e. The Morgan fingerprint density at radius 1 is 1.47 bits per heavy atom. The van der Waals surface area contributed by atoms with E-state index in [9.17, 15) is 9.90 Å². The van der Waals surface area contributed by atoms with Crippen molar-refractivity contribution in [1.82, 2.24) is 0 Å². The van der Waals surface area contributed by atoms with Crippen molar-refractivity contribution in [2.75, 3.05) is 13.2 Å². The summed E-state index contributed by atoms with van der Waals surface area (Å²) in [6.45, 7) is 2.89. The summed E-state index contributed by atoms with van der Waals surface area (Å²) in [6, 6.07) is 0. The predicted octanol–water partition coefficient (Wildman–Crippen LogP) is 1.92. The Morgan fingerprint density at radius 2 is 2.27 bits per heavy atom. The summed E-state index contributed by atoms with van der Waals surface area (Å²) in [4.78, 5) is 11.7. The molecule has 1 saturated carbocycles. The van der Waals surface area contributed by atoms with Gasteiger partial charge in [0.05, 0.1) is 12.7 Å². The van der Waals surface area contributed by atoms with Crippen LogP contribution in [0, 0.1) is 5.92 Å². The molecule has 0 aromatic heterocycles. The van der Waals surface area contributed by atoms with Crippen LogP contribution in [-0.4, -0.2) is 30.2 Å². The minimum absolute atomic E-state index is 0.0722. The van der Waals surface area contributed by atoms with E-state index in [1.807, 2.05) is 6.92 Å². The van der Waals surface area contributed by atoms with E-state index in [0.29, 0.717) is 31.8 Å². The highest BCUT2D eigenvalue weighted by atomic mass is 16.5. The highest BCUT2D eigenvalue weighted by Gasteiger charge is 2.23. The first kappa shape index (κ1) is 12.7. The van der Waals surface area contributed by atoms with E-state index in [1.165, 1.54) is 0 Å². The molecule has 1 fully saturated rings. The van der Waals surface area contributed by atoms with Crippen LogP contribution in [0.25, 0.3) is 0 Å². The second-order valence-electron chi connectivity index (χ2n) is 4.31. The van der Waals surface area contributed by atoms with Crippen molar-refractivity contribution < 1.29 is 14.6 Å². The van der Waals surface area contributed by atoms with Crippen molar-refractivity contribution in [2.45, 2.75) is 51.6 Å². The maximum Gasteiger partial charge on any atom is 0.136 e. The fourth-order valence-corrected chi connectivity index (χ4v) is 2.13. The van der Waals surface area contributed by atoms with Crippen molar-refractivity contribution in [1.29, 1.82) is 0 Å². The van der Waals surface area contributed by atoms with E-state index in [0.717, 1.165) is 25.7 Å². The molecule has 0 aliphatic heterocycles. The molecule has 0 bridgehead atoms. The number of rotatable bonds is 5. The number of Topliss-reactive ketones (excluding diaryl/α,β-unsaturated/α-hetero) is 1. The Labute approximate surface area is 91.8 Å². The van der Waals surface area contributed by atoms with Crippen molar-refractivity contribution in [2.24, 2.45) is 5.92 Å². The van der Waals surface area contributed by atoms with Gasteiger partial charge in [-0.15, -0.1) is 0 Å². The van der Waals surface area contributed by atoms with Crippen LogP contribution >= 0.6 is 0 Å². The number of hydrogen-bond acceptors (Lipinski definition) is 3. The van der Waals surface area contributed by atoms with Crippen LogP contribution in [0.15, 0.2) is 0 Å². The summed E-state index contributed by atoms with van der Waals surface area (Å²) in [5.41, 5.74) is 0. The zero-order valence-corrected chi connectivity index (χ0v) is 9.58. The van der Waals surface area contributed by atoms with Crippen molar-refractivity contribution >= 4 is 5.78 Å². The molecule has 2 unspecified atom stereocenters. The summed E-state index contributed by atoms with van der Waals surface area (Å²) in [5.74, 6) is 0.408. The zero-order valence-electron chi connectivity index (χ0n) is 9.58. The molecule has 1 N–H and O–H groups in total. The predicted molar refractivity (Wildman–Crippen MR) is 58.7 cm³/mol. The third-order valence-electron chi connectivity index (χ3n) is 3.00. The van der Waals surface area contributed by atoms with Gasteiger partial charge < -0.3 is 9.84 Å². The molecule has 3 nitrogen and oxygen atoms in total. The smallest absolute Gasteiger partial charge is 0.136 e. The van der Waals surface area contributed by atoms with Gasteiger partial charge in [-0.2, -0.15) is 0 Å². The molecule has 0 saturated heterocycles. The SMILES string of the molecule is CCOCC(O)CC1CCCCCC1=O. The van der Waals surface area contributed by atoms with Gasteiger partial charge >= 0.3 is 0 Å². The molecule has 0 amide bonds. The number of aliphatic hydroxyl groups excluding tert-OH is 1. The number of carbonyl (C=O) groups is 1. The highest BCUT2D eigenvalue weighted by molar-refractivity contribution is 5.81.